The Morgan fingerprint density at radius 2 is 1.96 bits per heavy atom. The summed E-state index contributed by atoms with van der Waals surface area (Å²) in [4.78, 5) is 25.7. The molecule has 2 aromatic carbocycles. The molecular weight excluding hydrogens is 399 g/mol. The molecule has 0 aliphatic carbocycles. The molecule has 0 aromatic heterocycles. The van der Waals surface area contributed by atoms with Crippen LogP contribution >= 0.6 is 34.8 Å². The third kappa shape index (κ3) is 3.75. The van der Waals surface area contributed by atoms with Crippen LogP contribution in [-0.2, 0) is 9.59 Å². The predicted molar refractivity (Wildman–Crippen MR) is 102 cm³/mol. The number of hydrogen-bond donors (Lipinski definition) is 1. The lowest BCUT2D eigenvalue weighted by Gasteiger charge is -2.19. The van der Waals surface area contributed by atoms with E-state index in [2.05, 4.69) is 5.32 Å². The van der Waals surface area contributed by atoms with Crippen LogP contribution in [0.1, 0.15) is 18.5 Å². The largest absolute Gasteiger partial charge is 0.490 e. The molecule has 1 aliphatic rings. The molecule has 1 heterocycles. The normalized spacial score (nSPS) is 15.8. The maximum Gasteiger partial charge on any atom is 0.254 e. The summed E-state index contributed by atoms with van der Waals surface area (Å²) in [6.45, 7) is 1.82. The third-order valence-electron chi connectivity index (χ3n) is 3.93. The van der Waals surface area contributed by atoms with Gasteiger partial charge >= 0.3 is 0 Å². The van der Waals surface area contributed by atoms with Gasteiger partial charge in [0.05, 0.1) is 22.3 Å². The highest BCUT2D eigenvalue weighted by molar-refractivity contribution is 6.35. The van der Waals surface area contributed by atoms with Crippen LogP contribution in [0.5, 0.6) is 5.75 Å². The first-order valence-electron chi connectivity index (χ1n) is 7.83. The molecule has 0 radical (unpaired) electrons. The third-order valence-corrected chi connectivity index (χ3v) is 4.76. The number of carbonyl (C=O) groups excluding carboxylic acids is 2. The van der Waals surface area contributed by atoms with Crippen LogP contribution in [-0.4, -0.2) is 25.0 Å². The van der Waals surface area contributed by atoms with Gasteiger partial charge in [0.1, 0.15) is 18.4 Å². The van der Waals surface area contributed by atoms with Gasteiger partial charge in [0.25, 0.3) is 5.91 Å². The Morgan fingerprint density at radius 1 is 1.19 bits per heavy atom. The van der Waals surface area contributed by atoms with Crippen LogP contribution in [0.4, 0.5) is 5.69 Å². The van der Waals surface area contributed by atoms with E-state index < -0.39 is 6.04 Å². The minimum Gasteiger partial charge on any atom is -0.490 e. The molecule has 26 heavy (non-hydrogen) atoms. The monoisotopic (exact) mass is 412 g/mol. The second-order valence-corrected chi connectivity index (χ2v) is 6.98. The van der Waals surface area contributed by atoms with E-state index in [4.69, 9.17) is 39.5 Å². The van der Waals surface area contributed by atoms with Gasteiger partial charge in [-0.05, 0) is 24.3 Å². The van der Waals surface area contributed by atoms with Crippen molar-refractivity contribution in [3.63, 3.8) is 0 Å². The molecule has 136 valence electrons. The van der Waals surface area contributed by atoms with Crippen LogP contribution in [0, 0.1) is 0 Å². The van der Waals surface area contributed by atoms with Gasteiger partial charge in [-0.15, -0.1) is 0 Å². The molecular formula is C18H15Cl3N2O3. The summed E-state index contributed by atoms with van der Waals surface area (Å²) in [5, 5.41) is 4.00. The number of rotatable bonds is 5. The molecule has 5 nitrogen and oxygen atoms in total. The number of carbonyl (C=O) groups is 2. The number of para-hydroxylation sites is 1. The van der Waals surface area contributed by atoms with Crippen LogP contribution in [0.25, 0.3) is 0 Å². The van der Waals surface area contributed by atoms with Crippen molar-refractivity contribution < 1.29 is 14.3 Å². The van der Waals surface area contributed by atoms with Crippen LogP contribution in [0.2, 0.25) is 15.1 Å². The highest BCUT2D eigenvalue weighted by Gasteiger charge is 2.39. The number of halogens is 3. The summed E-state index contributed by atoms with van der Waals surface area (Å²) in [5.41, 5.74) is 1.26. The molecule has 0 bridgehead atoms. The minimum atomic E-state index is -0.750. The standard InChI is InChI=1S/C18H15Cl3N2O3/c1-10(24)22-16-12-3-2-4-13(20)17(12)23(18(16)25)7-8-26-15-6-5-11(19)9-14(15)21/h2-6,9,16H,7-8H2,1H3,(H,22,24)/t16-/m0/s1. The van der Waals surface area contributed by atoms with Gasteiger partial charge < -0.3 is 15.0 Å². The summed E-state index contributed by atoms with van der Waals surface area (Å²) in [6, 6.07) is 9.39. The molecule has 0 saturated carbocycles. The summed E-state index contributed by atoms with van der Waals surface area (Å²) in [5.74, 6) is -0.0741. The number of fused-ring (bicyclic) bond motifs is 1. The van der Waals surface area contributed by atoms with Gasteiger partial charge in [-0.3, -0.25) is 9.59 Å². The average molecular weight is 414 g/mol. The average Bonchev–Trinajstić information content (AvgIpc) is 2.83. The number of hydrogen-bond acceptors (Lipinski definition) is 3. The Balaban J connectivity index is 1.77. The van der Waals surface area contributed by atoms with Gasteiger partial charge in [-0.1, -0.05) is 46.9 Å². The lowest BCUT2D eigenvalue weighted by molar-refractivity contribution is -0.126. The second kappa shape index (κ2) is 7.74. The molecule has 0 unspecified atom stereocenters. The van der Waals surface area contributed by atoms with E-state index in [1.54, 1.807) is 36.4 Å². The summed E-state index contributed by atoms with van der Waals surface area (Å²) in [6.07, 6.45) is 0. The number of benzene rings is 2. The number of nitrogens with one attached hydrogen (secondary N) is 1. The minimum absolute atomic E-state index is 0.199. The summed E-state index contributed by atoms with van der Waals surface area (Å²) >= 11 is 18.2. The molecule has 1 aliphatic heterocycles. The fourth-order valence-electron chi connectivity index (χ4n) is 2.85. The molecule has 1 atom stereocenters. The van der Waals surface area contributed by atoms with Crippen LogP contribution in [0.3, 0.4) is 0 Å². The first-order chi connectivity index (χ1) is 12.4. The van der Waals surface area contributed by atoms with Crippen LogP contribution < -0.4 is 15.0 Å². The second-order valence-electron chi connectivity index (χ2n) is 5.72. The van der Waals surface area contributed by atoms with Crippen molar-refractivity contribution in [1.29, 1.82) is 0 Å². The van der Waals surface area contributed by atoms with Gasteiger partial charge in [0.2, 0.25) is 5.91 Å². The fourth-order valence-corrected chi connectivity index (χ4v) is 3.60. The maximum atomic E-state index is 12.8. The van der Waals surface area contributed by atoms with E-state index in [0.29, 0.717) is 32.1 Å². The zero-order valence-corrected chi connectivity index (χ0v) is 16.0. The Hall–Kier alpha value is -1.95. The fraction of sp³-hybridized carbons (Fsp3) is 0.222. The van der Waals surface area contributed by atoms with Gasteiger partial charge in [-0.25, -0.2) is 0 Å². The van der Waals surface area contributed by atoms with E-state index in [-0.39, 0.29) is 25.0 Å². The van der Waals surface area contributed by atoms with E-state index in [1.807, 2.05) is 0 Å². The molecule has 0 saturated heterocycles. The first kappa shape index (κ1) is 18.8. The highest BCUT2D eigenvalue weighted by Crippen LogP contribution is 2.40. The SMILES string of the molecule is CC(=O)N[C@@H]1C(=O)N(CCOc2ccc(Cl)cc2Cl)c2c(Cl)cccc21. The quantitative estimate of drug-likeness (QED) is 0.797. The van der Waals surface area contributed by atoms with E-state index >= 15 is 0 Å². The van der Waals surface area contributed by atoms with Gasteiger partial charge in [0.15, 0.2) is 0 Å². The number of ether oxygens (including phenoxy) is 1. The van der Waals surface area contributed by atoms with Crippen molar-refractivity contribution in [2.24, 2.45) is 0 Å². The first-order valence-corrected chi connectivity index (χ1v) is 8.96. The molecule has 2 amide bonds. The topological polar surface area (TPSA) is 58.6 Å². The molecule has 3 rings (SSSR count). The number of nitrogens with zero attached hydrogens (tertiary/aromatic N) is 1. The smallest absolute Gasteiger partial charge is 0.254 e. The lowest BCUT2D eigenvalue weighted by Crippen LogP contribution is -2.38. The van der Waals surface area contributed by atoms with Crippen molar-refractivity contribution >= 4 is 52.3 Å². The predicted octanol–water partition coefficient (Wildman–Crippen LogP) is 4.25. The highest BCUT2D eigenvalue weighted by atomic mass is 35.5. The van der Waals surface area contributed by atoms with E-state index in [1.165, 1.54) is 11.8 Å². The Kier molecular flexibility index (Phi) is 5.61. The Morgan fingerprint density at radius 3 is 2.65 bits per heavy atom. The number of anilines is 1. The molecule has 2 aromatic rings. The number of amides is 2. The van der Waals surface area contributed by atoms with Gasteiger partial charge in [-0.2, -0.15) is 0 Å². The van der Waals surface area contributed by atoms with Crippen molar-refractivity contribution in [2.75, 3.05) is 18.1 Å². The molecule has 8 heteroatoms. The van der Waals surface area contributed by atoms with Crippen molar-refractivity contribution in [1.82, 2.24) is 5.32 Å². The Bertz CT molecular complexity index is 873. The van der Waals surface area contributed by atoms with Crippen molar-refractivity contribution in [3.05, 3.63) is 57.0 Å². The van der Waals surface area contributed by atoms with Crippen molar-refractivity contribution in [2.45, 2.75) is 13.0 Å². The lowest BCUT2D eigenvalue weighted by atomic mass is 10.1. The molecule has 0 spiro atoms. The molecule has 1 N–H and O–H groups in total. The zero-order chi connectivity index (χ0) is 18.8. The maximum absolute atomic E-state index is 12.8. The van der Waals surface area contributed by atoms with E-state index in [9.17, 15) is 9.59 Å². The van der Waals surface area contributed by atoms with Crippen LogP contribution in [0.15, 0.2) is 36.4 Å². The Labute approximate surface area is 165 Å². The van der Waals surface area contributed by atoms with Gasteiger partial charge in [0, 0.05) is 17.5 Å². The summed E-state index contributed by atoms with van der Waals surface area (Å²) < 4.78 is 5.66. The molecule has 0 fully saturated rings. The van der Waals surface area contributed by atoms with E-state index in [0.717, 1.165) is 0 Å². The van der Waals surface area contributed by atoms with Crippen molar-refractivity contribution in [3.8, 4) is 5.75 Å². The zero-order valence-electron chi connectivity index (χ0n) is 13.8. The summed E-state index contributed by atoms with van der Waals surface area (Å²) in [7, 11) is 0.